The van der Waals surface area contributed by atoms with Gasteiger partial charge < -0.3 is 5.32 Å². The van der Waals surface area contributed by atoms with Crippen molar-refractivity contribution >= 4 is 43.7 Å². The van der Waals surface area contributed by atoms with E-state index in [0.717, 1.165) is 27.6 Å². The molecular weight excluding hydrogens is 282 g/mol. The molecule has 3 nitrogen and oxygen atoms in total. The number of hydrogen-bond acceptors (Lipinski definition) is 5. The molecule has 0 aromatic carbocycles. The van der Waals surface area contributed by atoms with Crippen LogP contribution in [0.25, 0.3) is 0 Å². The number of rotatable bonds is 4. The first kappa shape index (κ1) is 10.1. The van der Waals surface area contributed by atoms with E-state index < -0.39 is 0 Å². The summed E-state index contributed by atoms with van der Waals surface area (Å²) >= 11 is 6.60. The Morgan fingerprint density at radius 2 is 2.36 bits per heavy atom. The number of halogens is 1. The summed E-state index contributed by atoms with van der Waals surface area (Å²) in [6, 6.07) is 0. The second kappa shape index (κ2) is 4.86. The molecule has 0 spiro atoms. The van der Waals surface area contributed by atoms with Crippen molar-refractivity contribution in [2.75, 3.05) is 11.9 Å². The molecule has 74 valence electrons. The fraction of sp³-hybridized carbons (Fsp3) is 0.250. The molecule has 0 fully saturated rings. The van der Waals surface area contributed by atoms with Crippen molar-refractivity contribution in [3.05, 3.63) is 26.6 Å². The summed E-state index contributed by atoms with van der Waals surface area (Å²) in [5.41, 5.74) is 2.99. The summed E-state index contributed by atoms with van der Waals surface area (Å²) in [4.78, 5) is 8.38. The maximum absolute atomic E-state index is 4.20. The maximum Gasteiger partial charge on any atom is 0.183 e. The zero-order valence-electron chi connectivity index (χ0n) is 7.24. The van der Waals surface area contributed by atoms with Crippen molar-refractivity contribution in [2.24, 2.45) is 0 Å². The topological polar surface area (TPSA) is 37.8 Å². The first-order valence-corrected chi connectivity index (χ1v) is 6.62. The third kappa shape index (κ3) is 2.76. The van der Waals surface area contributed by atoms with Crippen LogP contribution in [-0.4, -0.2) is 16.5 Å². The molecule has 14 heavy (non-hydrogen) atoms. The van der Waals surface area contributed by atoms with Gasteiger partial charge in [0.15, 0.2) is 5.13 Å². The molecular formula is C8H8BrN3S2. The molecule has 0 unspecified atom stereocenters. The van der Waals surface area contributed by atoms with Crippen LogP contribution in [-0.2, 0) is 6.42 Å². The monoisotopic (exact) mass is 289 g/mol. The van der Waals surface area contributed by atoms with Gasteiger partial charge in [-0.2, -0.15) is 0 Å². The highest BCUT2D eigenvalue weighted by Gasteiger charge is 1.99. The molecule has 6 heteroatoms. The van der Waals surface area contributed by atoms with Gasteiger partial charge in [-0.15, -0.1) is 11.3 Å². The maximum atomic E-state index is 4.20. The summed E-state index contributed by atoms with van der Waals surface area (Å²) in [7, 11) is 0. The molecule has 0 radical (unpaired) electrons. The lowest BCUT2D eigenvalue weighted by Gasteiger charge is -1.98. The molecule has 2 heterocycles. The van der Waals surface area contributed by atoms with Crippen LogP contribution in [0, 0.1) is 0 Å². The number of thiazole rings is 2. The SMILES string of the molecule is Brc1cnc(NCCc2cscn2)s1. The van der Waals surface area contributed by atoms with Crippen LogP contribution in [0.5, 0.6) is 0 Å². The second-order valence-corrected chi connectivity index (χ2v) is 5.75. The Morgan fingerprint density at radius 3 is 3.00 bits per heavy atom. The number of hydrogen-bond donors (Lipinski definition) is 1. The van der Waals surface area contributed by atoms with E-state index in [1.807, 2.05) is 5.51 Å². The Morgan fingerprint density at radius 1 is 1.43 bits per heavy atom. The van der Waals surface area contributed by atoms with Crippen LogP contribution in [0.1, 0.15) is 5.69 Å². The van der Waals surface area contributed by atoms with Gasteiger partial charge in [0.05, 0.1) is 21.2 Å². The van der Waals surface area contributed by atoms with Gasteiger partial charge in [-0.05, 0) is 15.9 Å². The Kier molecular flexibility index (Phi) is 3.49. The quantitative estimate of drug-likeness (QED) is 0.940. The fourth-order valence-electron chi connectivity index (χ4n) is 0.995. The molecule has 0 aliphatic carbocycles. The average Bonchev–Trinajstić information content (AvgIpc) is 2.77. The van der Waals surface area contributed by atoms with Crippen molar-refractivity contribution in [3.63, 3.8) is 0 Å². The second-order valence-electron chi connectivity index (χ2n) is 2.63. The van der Waals surface area contributed by atoms with Crippen LogP contribution in [0.3, 0.4) is 0 Å². The standard InChI is InChI=1S/C8H8BrN3S2/c9-7-3-11-8(14-7)10-2-1-6-4-13-5-12-6/h3-5H,1-2H2,(H,10,11). The predicted octanol–water partition coefficient (Wildman–Crippen LogP) is 3.02. The van der Waals surface area contributed by atoms with E-state index in [1.54, 1.807) is 28.9 Å². The molecule has 0 bridgehead atoms. The van der Waals surface area contributed by atoms with Gasteiger partial charge in [0, 0.05) is 18.3 Å². The molecule has 0 saturated carbocycles. The van der Waals surface area contributed by atoms with Crippen molar-refractivity contribution in [1.82, 2.24) is 9.97 Å². The molecule has 2 aromatic heterocycles. The molecule has 0 aliphatic heterocycles. The highest BCUT2D eigenvalue weighted by Crippen LogP contribution is 2.22. The minimum Gasteiger partial charge on any atom is -0.361 e. The summed E-state index contributed by atoms with van der Waals surface area (Å²) in [5, 5.41) is 6.27. The largest absolute Gasteiger partial charge is 0.361 e. The van der Waals surface area contributed by atoms with Gasteiger partial charge in [-0.1, -0.05) is 11.3 Å². The van der Waals surface area contributed by atoms with E-state index in [9.17, 15) is 0 Å². The van der Waals surface area contributed by atoms with E-state index >= 15 is 0 Å². The van der Waals surface area contributed by atoms with Gasteiger partial charge in [0.25, 0.3) is 0 Å². The van der Waals surface area contributed by atoms with Crippen molar-refractivity contribution < 1.29 is 0 Å². The van der Waals surface area contributed by atoms with Crippen LogP contribution in [0.2, 0.25) is 0 Å². The van der Waals surface area contributed by atoms with E-state index in [-0.39, 0.29) is 0 Å². The van der Waals surface area contributed by atoms with E-state index in [4.69, 9.17) is 0 Å². The zero-order chi connectivity index (χ0) is 9.80. The molecule has 2 rings (SSSR count). The summed E-state index contributed by atoms with van der Waals surface area (Å²) in [5.74, 6) is 0. The minimum atomic E-state index is 0.879. The normalized spacial score (nSPS) is 10.4. The molecule has 2 aromatic rings. The Hall–Kier alpha value is -0.460. The van der Waals surface area contributed by atoms with Crippen molar-refractivity contribution in [2.45, 2.75) is 6.42 Å². The van der Waals surface area contributed by atoms with Crippen molar-refractivity contribution in [3.8, 4) is 0 Å². The number of nitrogens with one attached hydrogen (secondary N) is 1. The molecule has 0 atom stereocenters. The molecule has 0 aliphatic rings. The van der Waals surface area contributed by atoms with Gasteiger partial charge >= 0.3 is 0 Å². The highest BCUT2D eigenvalue weighted by molar-refractivity contribution is 9.11. The van der Waals surface area contributed by atoms with Gasteiger partial charge in [-0.3, -0.25) is 0 Å². The lowest BCUT2D eigenvalue weighted by molar-refractivity contribution is 0.974. The van der Waals surface area contributed by atoms with Crippen LogP contribution in [0.4, 0.5) is 5.13 Å². The lowest BCUT2D eigenvalue weighted by Crippen LogP contribution is -2.04. The van der Waals surface area contributed by atoms with Crippen LogP contribution < -0.4 is 5.32 Å². The fourth-order valence-corrected chi connectivity index (χ4v) is 2.72. The van der Waals surface area contributed by atoms with E-state index in [1.165, 1.54) is 0 Å². The molecule has 1 N–H and O–H groups in total. The first-order valence-electron chi connectivity index (χ1n) is 4.07. The zero-order valence-corrected chi connectivity index (χ0v) is 10.5. The third-order valence-corrected chi connectivity index (χ3v) is 3.69. The van der Waals surface area contributed by atoms with E-state index in [0.29, 0.717) is 0 Å². The van der Waals surface area contributed by atoms with Crippen LogP contribution in [0.15, 0.2) is 20.9 Å². The Bertz CT molecular complexity index is 385. The van der Waals surface area contributed by atoms with Gasteiger partial charge in [-0.25, -0.2) is 9.97 Å². The highest BCUT2D eigenvalue weighted by atomic mass is 79.9. The smallest absolute Gasteiger partial charge is 0.183 e. The van der Waals surface area contributed by atoms with Crippen LogP contribution >= 0.6 is 38.6 Å². The van der Waals surface area contributed by atoms with Crippen molar-refractivity contribution in [1.29, 1.82) is 0 Å². The number of anilines is 1. The summed E-state index contributed by atoms with van der Waals surface area (Å²) in [6.45, 7) is 0.879. The average molecular weight is 290 g/mol. The number of nitrogens with zero attached hydrogens (tertiary/aromatic N) is 2. The Labute approximate surface area is 98.4 Å². The Balaban J connectivity index is 1.78. The lowest BCUT2D eigenvalue weighted by atomic mass is 10.3. The summed E-state index contributed by atoms with van der Waals surface area (Å²) < 4.78 is 1.05. The van der Waals surface area contributed by atoms with Gasteiger partial charge in [0.1, 0.15) is 0 Å². The summed E-state index contributed by atoms with van der Waals surface area (Å²) in [6.07, 6.45) is 2.75. The number of aromatic nitrogens is 2. The first-order chi connectivity index (χ1) is 6.84. The molecule has 0 saturated heterocycles. The molecule has 0 amide bonds. The minimum absolute atomic E-state index is 0.879. The van der Waals surface area contributed by atoms with Gasteiger partial charge in [0.2, 0.25) is 0 Å². The predicted molar refractivity (Wildman–Crippen MR) is 64.1 cm³/mol. The third-order valence-electron chi connectivity index (χ3n) is 1.62. The van der Waals surface area contributed by atoms with E-state index in [2.05, 4.69) is 36.6 Å².